The first-order valence-electron chi connectivity index (χ1n) is 10.1. The Balaban J connectivity index is 1.72. The molecule has 1 N–H and O–H groups in total. The third-order valence-corrected chi connectivity index (χ3v) is 6.25. The summed E-state index contributed by atoms with van der Waals surface area (Å²) in [6.45, 7) is 2.76. The minimum absolute atomic E-state index is 0.226. The number of hydrogen-bond donors (Lipinski definition) is 1. The quantitative estimate of drug-likeness (QED) is 0.286. The summed E-state index contributed by atoms with van der Waals surface area (Å²) >= 11 is 12.5. The fourth-order valence-electron chi connectivity index (χ4n) is 2.95. The van der Waals surface area contributed by atoms with E-state index in [-0.39, 0.29) is 14.9 Å². The summed E-state index contributed by atoms with van der Waals surface area (Å²) in [7, 11) is 1.57. The van der Waals surface area contributed by atoms with Crippen LogP contribution in [0.2, 0.25) is 5.02 Å². The number of rotatable bonds is 9. The number of nitrogens with zero attached hydrogens (tertiary/aromatic N) is 1. The van der Waals surface area contributed by atoms with Crippen molar-refractivity contribution in [2.45, 2.75) is 26.2 Å². The van der Waals surface area contributed by atoms with Crippen molar-refractivity contribution in [3.05, 3.63) is 63.5 Å². The fourth-order valence-corrected chi connectivity index (χ4v) is 4.35. The van der Waals surface area contributed by atoms with E-state index in [1.54, 1.807) is 43.5 Å². The van der Waals surface area contributed by atoms with E-state index in [0.717, 1.165) is 41.6 Å². The van der Waals surface area contributed by atoms with E-state index >= 15 is 0 Å². The maximum Gasteiger partial charge on any atom is 0.285 e. The number of methoxy groups -OCH3 is 1. The van der Waals surface area contributed by atoms with E-state index in [0.29, 0.717) is 23.0 Å². The summed E-state index contributed by atoms with van der Waals surface area (Å²) in [5, 5.41) is 1.34. The van der Waals surface area contributed by atoms with Crippen LogP contribution in [0.25, 0.3) is 6.08 Å². The average Bonchev–Trinajstić information content (AvgIpc) is 3.04. The van der Waals surface area contributed by atoms with Gasteiger partial charge >= 0.3 is 0 Å². The maximum atomic E-state index is 12.8. The van der Waals surface area contributed by atoms with Crippen LogP contribution >= 0.6 is 35.6 Å². The van der Waals surface area contributed by atoms with Crippen molar-refractivity contribution in [1.29, 1.82) is 0 Å². The summed E-state index contributed by atoms with van der Waals surface area (Å²) in [6.07, 6.45) is 4.90. The summed E-state index contributed by atoms with van der Waals surface area (Å²) in [6, 6.07) is 12.0. The number of hydrogen-bond acceptors (Lipinski definition) is 6. The predicted octanol–water partition coefficient (Wildman–Crippen LogP) is 5.46. The summed E-state index contributed by atoms with van der Waals surface area (Å²) < 4.78 is 11.5. The summed E-state index contributed by atoms with van der Waals surface area (Å²) in [5.74, 6) is 0.303. The number of carbonyl (C=O) groups is 2. The van der Waals surface area contributed by atoms with Crippen molar-refractivity contribution in [3.63, 3.8) is 0 Å². The molecular weight excluding hydrogens is 468 g/mol. The first-order chi connectivity index (χ1) is 15.4. The minimum atomic E-state index is -0.514. The predicted molar refractivity (Wildman–Crippen MR) is 132 cm³/mol. The standard InChI is InChI=1S/C23H23ClN2O4S2/c1-3-4-7-12-30-18-11-10-15(13-19(18)29-2)14-20-22(28)26(23(31)32-20)25-21(27)16-8-5-6-9-17(16)24/h5-6,8-11,13-14H,3-4,7,12H2,1-2H3,(H,25,27)/b20-14-. The molecule has 6 nitrogen and oxygen atoms in total. The van der Waals surface area contributed by atoms with Crippen LogP contribution < -0.4 is 14.9 Å². The van der Waals surface area contributed by atoms with E-state index < -0.39 is 11.8 Å². The highest BCUT2D eigenvalue weighted by Gasteiger charge is 2.34. The third kappa shape index (κ3) is 5.82. The van der Waals surface area contributed by atoms with Crippen LogP contribution in [0.5, 0.6) is 11.5 Å². The Kier molecular flexibility index (Phi) is 8.55. The van der Waals surface area contributed by atoms with Gasteiger partial charge in [-0.2, -0.15) is 5.01 Å². The molecule has 1 saturated heterocycles. The molecule has 2 aromatic carbocycles. The number of ether oxygens (including phenoxy) is 2. The average molecular weight is 491 g/mol. The zero-order chi connectivity index (χ0) is 23.1. The number of thiocarbonyl (C=S) groups is 1. The van der Waals surface area contributed by atoms with Gasteiger partial charge in [-0.25, -0.2) is 0 Å². The minimum Gasteiger partial charge on any atom is -0.493 e. The topological polar surface area (TPSA) is 67.9 Å². The second kappa shape index (κ2) is 11.4. The van der Waals surface area contributed by atoms with Gasteiger partial charge in [-0.1, -0.05) is 61.3 Å². The van der Waals surface area contributed by atoms with Crippen molar-refractivity contribution in [1.82, 2.24) is 10.4 Å². The molecule has 0 radical (unpaired) electrons. The molecule has 2 amide bonds. The van der Waals surface area contributed by atoms with E-state index in [1.165, 1.54) is 0 Å². The van der Waals surface area contributed by atoms with E-state index in [2.05, 4.69) is 12.3 Å². The Bertz CT molecular complexity index is 1060. The lowest BCUT2D eigenvalue weighted by Gasteiger charge is -2.16. The van der Waals surface area contributed by atoms with E-state index in [1.807, 2.05) is 12.1 Å². The van der Waals surface area contributed by atoms with Crippen molar-refractivity contribution in [3.8, 4) is 11.5 Å². The summed E-state index contributed by atoms with van der Waals surface area (Å²) in [4.78, 5) is 25.7. The van der Waals surface area contributed by atoms with E-state index in [4.69, 9.17) is 33.3 Å². The van der Waals surface area contributed by atoms with Crippen LogP contribution in [0.3, 0.4) is 0 Å². The zero-order valence-corrected chi connectivity index (χ0v) is 20.1. The second-order valence-electron chi connectivity index (χ2n) is 6.90. The Labute approximate surface area is 201 Å². The molecule has 168 valence electrons. The molecule has 1 aliphatic heterocycles. The number of carbonyl (C=O) groups excluding carboxylic acids is 2. The van der Waals surface area contributed by atoms with Crippen LogP contribution in [-0.2, 0) is 4.79 Å². The monoisotopic (exact) mass is 490 g/mol. The number of benzene rings is 2. The second-order valence-corrected chi connectivity index (χ2v) is 8.99. The van der Waals surface area contributed by atoms with Crippen molar-refractivity contribution in [2.75, 3.05) is 13.7 Å². The van der Waals surface area contributed by atoms with Gasteiger partial charge in [0.1, 0.15) is 0 Å². The molecule has 0 aliphatic carbocycles. The highest BCUT2D eigenvalue weighted by atomic mass is 35.5. The van der Waals surface area contributed by atoms with Gasteiger partial charge < -0.3 is 9.47 Å². The Hall–Kier alpha value is -2.55. The highest BCUT2D eigenvalue weighted by molar-refractivity contribution is 8.26. The Morgan fingerprint density at radius 3 is 2.72 bits per heavy atom. The third-order valence-electron chi connectivity index (χ3n) is 4.62. The van der Waals surface area contributed by atoms with Gasteiger partial charge in [0.2, 0.25) is 0 Å². The fraction of sp³-hybridized carbons (Fsp3) is 0.261. The van der Waals surface area contributed by atoms with Crippen molar-refractivity contribution >= 4 is 57.8 Å². The van der Waals surface area contributed by atoms with Gasteiger partial charge in [-0.3, -0.25) is 15.0 Å². The van der Waals surface area contributed by atoms with Crippen LogP contribution in [-0.4, -0.2) is 34.9 Å². The molecule has 0 unspecified atom stereocenters. The molecule has 9 heteroatoms. The molecule has 0 atom stereocenters. The zero-order valence-electron chi connectivity index (χ0n) is 17.7. The molecule has 0 aromatic heterocycles. The Morgan fingerprint density at radius 2 is 2.00 bits per heavy atom. The van der Waals surface area contributed by atoms with Gasteiger partial charge in [-0.05, 0) is 54.5 Å². The molecule has 32 heavy (non-hydrogen) atoms. The Morgan fingerprint density at radius 1 is 1.22 bits per heavy atom. The first-order valence-corrected chi connectivity index (χ1v) is 11.7. The summed E-state index contributed by atoms with van der Waals surface area (Å²) in [5.41, 5.74) is 3.54. The van der Waals surface area contributed by atoms with Crippen LogP contribution in [0.4, 0.5) is 0 Å². The van der Waals surface area contributed by atoms with Gasteiger partial charge in [0, 0.05) is 0 Å². The molecule has 1 heterocycles. The lowest BCUT2D eigenvalue weighted by atomic mass is 10.2. The number of hydrazine groups is 1. The molecule has 2 aromatic rings. The largest absolute Gasteiger partial charge is 0.493 e. The van der Waals surface area contributed by atoms with Gasteiger partial charge in [0.15, 0.2) is 15.8 Å². The molecule has 0 spiro atoms. The smallest absolute Gasteiger partial charge is 0.285 e. The lowest BCUT2D eigenvalue weighted by molar-refractivity contribution is -0.123. The molecule has 3 rings (SSSR count). The first kappa shape index (κ1) is 24.1. The number of thioether (sulfide) groups is 1. The number of unbranched alkanes of at least 4 members (excludes halogenated alkanes) is 2. The van der Waals surface area contributed by atoms with Crippen LogP contribution in [0.1, 0.15) is 42.1 Å². The number of amides is 2. The van der Waals surface area contributed by atoms with E-state index in [9.17, 15) is 9.59 Å². The molecule has 1 aliphatic rings. The van der Waals surface area contributed by atoms with Crippen molar-refractivity contribution < 1.29 is 19.1 Å². The molecule has 1 fully saturated rings. The van der Waals surface area contributed by atoms with Crippen LogP contribution in [0, 0.1) is 0 Å². The molecule has 0 saturated carbocycles. The number of nitrogens with one attached hydrogen (secondary N) is 1. The SMILES string of the molecule is CCCCCOc1ccc(/C=C2\SC(=S)N(NC(=O)c3ccccc3Cl)C2=O)cc1OC. The molecular formula is C23H23ClN2O4S2. The maximum absolute atomic E-state index is 12.8. The van der Waals surface area contributed by atoms with Gasteiger partial charge in [0.25, 0.3) is 11.8 Å². The van der Waals surface area contributed by atoms with Crippen LogP contribution in [0.15, 0.2) is 47.4 Å². The van der Waals surface area contributed by atoms with Gasteiger partial charge in [0.05, 0.1) is 29.2 Å². The normalized spacial score (nSPS) is 14.7. The molecule has 0 bridgehead atoms. The highest BCUT2D eigenvalue weighted by Crippen LogP contribution is 2.34. The lowest BCUT2D eigenvalue weighted by Crippen LogP contribution is -2.44. The number of halogens is 1. The van der Waals surface area contributed by atoms with Crippen molar-refractivity contribution in [2.24, 2.45) is 0 Å². The van der Waals surface area contributed by atoms with Gasteiger partial charge in [-0.15, -0.1) is 0 Å².